The lowest BCUT2D eigenvalue weighted by molar-refractivity contribution is 0.273. The molecule has 2 nitrogen and oxygen atoms in total. The fourth-order valence-corrected chi connectivity index (χ4v) is 1.49. The van der Waals surface area contributed by atoms with Gasteiger partial charge in [-0.05, 0) is 20.3 Å². The zero-order valence-corrected chi connectivity index (χ0v) is 9.10. The van der Waals surface area contributed by atoms with Crippen LogP contribution < -0.4 is 0 Å². The highest BCUT2D eigenvalue weighted by atomic mass is 16.5. The Bertz CT molecular complexity index is 185. The second-order valence-corrected chi connectivity index (χ2v) is 4.42. The van der Waals surface area contributed by atoms with E-state index in [-0.39, 0.29) is 5.54 Å². The number of rotatable bonds is 5. The number of ether oxygens (including phenoxy) is 1. The van der Waals surface area contributed by atoms with Crippen molar-refractivity contribution in [3.63, 3.8) is 0 Å². The summed E-state index contributed by atoms with van der Waals surface area (Å²) in [5, 5.41) is 0. The van der Waals surface area contributed by atoms with Gasteiger partial charge in [0.2, 0.25) is 0 Å². The number of hydrogen-bond acceptors (Lipinski definition) is 2. The molecule has 0 amide bonds. The van der Waals surface area contributed by atoms with Gasteiger partial charge in [0.15, 0.2) is 5.90 Å². The summed E-state index contributed by atoms with van der Waals surface area (Å²) >= 11 is 0. The zero-order valence-electron chi connectivity index (χ0n) is 9.10. The summed E-state index contributed by atoms with van der Waals surface area (Å²) in [7, 11) is 0. The van der Waals surface area contributed by atoms with Crippen molar-refractivity contribution in [2.24, 2.45) is 4.99 Å². The van der Waals surface area contributed by atoms with Crippen molar-refractivity contribution in [3.05, 3.63) is 0 Å². The van der Waals surface area contributed by atoms with Crippen molar-refractivity contribution in [2.45, 2.75) is 58.4 Å². The highest BCUT2D eigenvalue weighted by Gasteiger charge is 2.25. The molecule has 1 aliphatic rings. The number of nitrogens with zero attached hydrogens (tertiary/aromatic N) is 1. The van der Waals surface area contributed by atoms with Crippen LogP contribution >= 0.6 is 0 Å². The molecule has 2 heteroatoms. The monoisotopic (exact) mass is 183 g/mol. The Balaban J connectivity index is 2.16. The van der Waals surface area contributed by atoms with Gasteiger partial charge in [-0.25, -0.2) is 4.99 Å². The molecule has 0 aromatic rings. The predicted molar refractivity (Wildman–Crippen MR) is 56.2 cm³/mol. The first-order valence-corrected chi connectivity index (χ1v) is 5.35. The van der Waals surface area contributed by atoms with Crippen molar-refractivity contribution in [1.82, 2.24) is 0 Å². The Morgan fingerprint density at radius 2 is 2.08 bits per heavy atom. The minimum Gasteiger partial charge on any atom is -0.478 e. The Morgan fingerprint density at radius 3 is 2.62 bits per heavy atom. The van der Waals surface area contributed by atoms with Crippen LogP contribution in [0.3, 0.4) is 0 Å². The van der Waals surface area contributed by atoms with Crippen LogP contribution in [-0.2, 0) is 4.74 Å². The highest BCUT2D eigenvalue weighted by Crippen LogP contribution is 2.19. The van der Waals surface area contributed by atoms with E-state index >= 15 is 0 Å². The lowest BCUT2D eigenvalue weighted by Gasteiger charge is -2.07. The van der Waals surface area contributed by atoms with Gasteiger partial charge in [0.05, 0.1) is 5.54 Å². The lowest BCUT2D eigenvalue weighted by Crippen LogP contribution is -2.17. The molecule has 0 saturated carbocycles. The first-order chi connectivity index (χ1) is 6.14. The normalized spacial score (nSPS) is 19.8. The predicted octanol–water partition coefficient (Wildman–Crippen LogP) is 3.16. The van der Waals surface area contributed by atoms with Crippen LogP contribution in [0.15, 0.2) is 4.99 Å². The van der Waals surface area contributed by atoms with Gasteiger partial charge < -0.3 is 4.74 Å². The summed E-state index contributed by atoms with van der Waals surface area (Å²) in [6.07, 6.45) is 6.18. The smallest absolute Gasteiger partial charge is 0.183 e. The molecule has 1 rings (SSSR count). The maximum atomic E-state index is 5.50. The van der Waals surface area contributed by atoms with E-state index in [2.05, 4.69) is 25.8 Å². The van der Waals surface area contributed by atoms with Crippen LogP contribution in [0.5, 0.6) is 0 Å². The van der Waals surface area contributed by atoms with Crippen LogP contribution in [0.1, 0.15) is 52.9 Å². The van der Waals surface area contributed by atoms with E-state index in [1.165, 1.54) is 25.7 Å². The third-order valence-electron chi connectivity index (χ3n) is 2.26. The van der Waals surface area contributed by atoms with Crippen LogP contribution in [0.2, 0.25) is 0 Å². The topological polar surface area (TPSA) is 21.6 Å². The molecule has 0 saturated heterocycles. The van der Waals surface area contributed by atoms with Crippen molar-refractivity contribution in [2.75, 3.05) is 6.61 Å². The van der Waals surface area contributed by atoms with Crippen LogP contribution in [-0.4, -0.2) is 18.0 Å². The van der Waals surface area contributed by atoms with E-state index in [9.17, 15) is 0 Å². The van der Waals surface area contributed by atoms with Crippen molar-refractivity contribution >= 4 is 5.90 Å². The largest absolute Gasteiger partial charge is 0.478 e. The second-order valence-electron chi connectivity index (χ2n) is 4.42. The molecule has 0 aromatic carbocycles. The maximum absolute atomic E-state index is 5.50. The fraction of sp³-hybridized carbons (Fsp3) is 0.909. The van der Waals surface area contributed by atoms with E-state index in [1.54, 1.807) is 0 Å². The quantitative estimate of drug-likeness (QED) is 0.600. The van der Waals surface area contributed by atoms with Gasteiger partial charge in [-0.1, -0.05) is 26.2 Å². The Labute approximate surface area is 81.4 Å². The molecular weight excluding hydrogens is 162 g/mol. The molecule has 13 heavy (non-hydrogen) atoms. The molecule has 0 spiro atoms. The molecule has 0 unspecified atom stereocenters. The summed E-state index contributed by atoms with van der Waals surface area (Å²) in [6, 6.07) is 0. The average molecular weight is 183 g/mol. The van der Waals surface area contributed by atoms with Crippen LogP contribution in [0, 0.1) is 0 Å². The van der Waals surface area contributed by atoms with E-state index in [0.29, 0.717) is 0 Å². The first-order valence-electron chi connectivity index (χ1n) is 5.35. The van der Waals surface area contributed by atoms with Crippen molar-refractivity contribution in [3.8, 4) is 0 Å². The number of hydrogen-bond donors (Lipinski definition) is 0. The Hall–Kier alpha value is -0.530. The highest BCUT2D eigenvalue weighted by molar-refractivity contribution is 5.78. The third kappa shape index (κ3) is 3.79. The van der Waals surface area contributed by atoms with Crippen molar-refractivity contribution < 1.29 is 4.74 Å². The summed E-state index contributed by atoms with van der Waals surface area (Å²) in [5.74, 6) is 0.973. The molecule has 0 aromatic heterocycles. The molecule has 76 valence electrons. The summed E-state index contributed by atoms with van der Waals surface area (Å²) in [4.78, 5) is 4.51. The molecule has 0 radical (unpaired) electrons. The van der Waals surface area contributed by atoms with Gasteiger partial charge in [0.25, 0.3) is 0 Å². The Kier molecular flexibility index (Phi) is 3.76. The Morgan fingerprint density at radius 1 is 1.31 bits per heavy atom. The molecule has 0 atom stereocenters. The third-order valence-corrected chi connectivity index (χ3v) is 2.26. The zero-order chi connectivity index (χ0) is 9.73. The molecular formula is C11H21NO. The van der Waals surface area contributed by atoms with Gasteiger partial charge >= 0.3 is 0 Å². The van der Waals surface area contributed by atoms with Gasteiger partial charge in [0, 0.05) is 6.42 Å². The molecule has 0 aliphatic carbocycles. The second kappa shape index (κ2) is 4.64. The summed E-state index contributed by atoms with van der Waals surface area (Å²) in [5.41, 5.74) is 0.0279. The minimum atomic E-state index is 0.0279. The molecule has 0 fully saturated rings. The lowest BCUT2D eigenvalue weighted by atomic mass is 10.1. The summed E-state index contributed by atoms with van der Waals surface area (Å²) in [6.45, 7) is 7.22. The van der Waals surface area contributed by atoms with Crippen LogP contribution in [0.25, 0.3) is 0 Å². The van der Waals surface area contributed by atoms with Crippen LogP contribution in [0.4, 0.5) is 0 Å². The summed E-state index contributed by atoms with van der Waals surface area (Å²) < 4.78 is 5.50. The average Bonchev–Trinajstić information content (AvgIpc) is 2.40. The maximum Gasteiger partial charge on any atom is 0.183 e. The SMILES string of the molecule is CCCCCCC1=NC(C)(C)CO1. The van der Waals surface area contributed by atoms with E-state index in [0.717, 1.165) is 18.9 Å². The van der Waals surface area contributed by atoms with Crippen molar-refractivity contribution in [1.29, 1.82) is 0 Å². The molecule has 1 heterocycles. The molecule has 0 N–H and O–H groups in total. The number of unbranched alkanes of at least 4 members (excludes halogenated alkanes) is 3. The fourth-order valence-electron chi connectivity index (χ4n) is 1.49. The molecule has 1 aliphatic heterocycles. The minimum absolute atomic E-state index is 0.0279. The van der Waals surface area contributed by atoms with Gasteiger partial charge in [-0.2, -0.15) is 0 Å². The van der Waals surface area contributed by atoms with E-state index in [4.69, 9.17) is 4.74 Å². The van der Waals surface area contributed by atoms with E-state index in [1.807, 2.05) is 0 Å². The molecule has 0 bridgehead atoms. The van der Waals surface area contributed by atoms with Gasteiger partial charge in [-0.15, -0.1) is 0 Å². The first kappa shape index (κ1) is 10.6. The van der Waals surface area contributed by atoms with E-state index < -0.39 is 0 Å². The van der Waals surface area contributed by atoms with Gasteiger partial charge in [0.1, 0.15) is 6.61 Å². The number of aliphatic imine (C=N–C) groups is 1. The van der Waals surface area contributed by atoms with Gasteiger partial charge in [-0.3, -0.25) is 0 Å². The standard InChI is InChI=1S/C11H21NO/c1-4-5-6-7-8-10-12-11(2,3)9-13-10/h4-9H2,1-3H3.